The van der Waals surface area contributed by atoms with Crippen molar-refractivity contribution in [1.29, 1.82) is 0 Å². The van der Waals surface area contributed by atoms with E-state index in [0.717, 1.165) is 0 Å². The largest absolute Gasteiger partial charge is 0.482 e. The van der Waals surface area contributed by atoms with E-state index in [2.05, 4.69) is 0 Å². The molecular formula is H2BCuO2. The maximum Gasteiger partial charge on any atom is 0.482 e. The predicted molar refractivity (Wildman–Crippen MR) is 10.2 cm³/mol. The average Bonchev–Trinajstić information content (AvgIpc) is 0.918. The van der Waals surface area contributed by atoms with Crippen LogP contribution in [0.2, 0.25) is 0 Å². The Morgan fingerprint density at radius 2 is 1.25 bits per heavy atom. The average molecular weight is 108 g/mol. The maximum atomic E-state index is 7.00. The van der Waals surface area contributed by atoms with E-state index in [0.29, 0.717) is 0 Å². The molecule has 0 heterocycles. The first-order chi connectivity index (χ1) is 1.41. The Morgan fingerprint density at radius 1 is 1.25 bits per heavy atom. The van der Waals surface area contributed by atoms with Gasteiger partial charge in [-0.1, -0.05) is 0 Å². The third kappa shape index (κ3) is 22.3. The van der Waals surface area contributed by atoms with Crippen molar-refractivity contribution in [3.63, 3.8) is 0 Å². The van der Waals surface area contributed by atoms with Gasteiger partial charge < -0.3 is 10.0 Å². The zero-order valence-corrected chi connectivity index (χ0v) is 2.71. The van der Waals surface area contributed by atoms with Crippen LogP contribution in [0.1, 0.15) is 0 Å². The second kappa shape index (κ2) is 9.71. The SMILES string of the molecule is O[B]O.[Cu]. The summed E-state index contributed by atoms with van der Waals surface area (Å²) in [6.07, 6.45) is 0. The Morgan fingerprint density at radius 3 is 1.25 bits per heavy atom. The molecule has 0 aliphatic carbocycles. The van der Waals surface area contributed by atoms with Gasteiger partial charge in [0.25, 0.3) is 0 Å². The zero-order chi connectivity index (χ0) is 2.71. The fourth-order valence-corrected chi connectivity index (χ4v) is 0. The van der Waals surface area contributed by atoms with Gasteiger partial charge in [-0.2, -0.15) is 0 Å². The first kappa shape index (κ1) is 8.82. The van der Waals surface area contributed by atoms with Gasteiger partial charge in [0.15, 0.2) is 0 Å². The molecule has 0 amide bonds. The normalized spacial score (nSPS) is 3.50. The molecule has 28 valence electrons. The number of rotatable bonds is 0. The van der Waals surface area contributed by atoms with Gasteiger partial charge in [-0.15, -0.1) is 0 Å². The fraction of sp³-hybridized carbons (Fsp3) is 0. The zero-order valence-electron chi connectivity index (χ0n) is 1.77. The molecule has 0 bridgehead atoms. The molecule has 2 nitrogen and oxygen atoms in total. The van der Waals surface area contributed by atoms with E-state index >= 15 is 0 Å². The summed E-state index contributed by atoms with van der Waals surface area (Å²) in [7, 11) is 0. The first-order valence-corrected chi connectivity index (χ1v) is 0.516. The predicted octanol–water partition coefficient (Wildman–Crippen LogP) is -1.50. The summed E-state index contributed by atoms with van der Waals surface area (Å²) in [6, 6.07) is 0. The molecule has 0 saturated carbocycles. The standard InChI is InChI=1S/BH2O2.Cu/c2-1-3;/h2-3H;. The minimum atomic E-state index is 0. The van der Waals surface area contributed by atoms with Gasteiger partial charge in [-0.05, 0) is 0 Å². The summed E-state index contributed by atoms with van der Waals surface area (Å²) in [5, 5.41) is 14.0. The van der Waals surface area contributed by atoms with Crippen molar-refractivity contribution in [2.24, 2.45) is 0 Å². The van der Waals surface area contributed by atoms with E-state index in [9.17, 15) is 0 Å². The van der Waals surface area contributed by atoms with E-state index in [-0.39, 0.29) is 24.8 Å². The molecule has 0 aromatic heterocycles. The Hall–Kier alpha value is 0.504. The Kier molecular flexibility index (Phi) is 21.4. The van der Waals surface area contributed by atoms with Crippen LogP contribution in [0.25, 0.3) is 0 Å². The van der Waals surface area contributed by atoms with Crippen molar-refractivity contribution in [3.05, 3.63) is 0 Å². The van der Waals surface area contributed by atoms with Crippen molar-refractivity contribution >= 4 is 7.69 Å². The van der Waals surface area contributed by atoms with E-state index in [4.69, 9.17) is 10.0 Å². The van der Waals surface area contributed by atoms with Crippen LogP contribution < -0.4 is 0 Å². The van der Waals surface area contributed by atoms with Gasteiger partial charge in [0, 0.05) is 17.1 Å². The molecule has 2 N–H and O–H groups in total. The van der Waals surface area contributed by atoms with Crippen LogP contribution in [-0.2, 0) is 17.1 Å². The van der Waals surface area contributed by atoms with Crippen molar-refractivity contribution in [2.75, 3.05) is 0 Å². The Labute approximate surface area is 35.6 Å². The van der Waals surface area contributed by atoms with Gasteiger partial charge in [0.2, 0.25) is 0 Å². The minimum Gasteiger partial charge on any atom is -0.429 e. The van der Waals surface area contributed by atoms with Gasteiger partial charge in [0.05, 0.1) is 0 Å². The second-order valence-electron chi connectivity index (χ2n) is 0.115. The molecule has 0 rings (SSSR count). The number of hydrogen-bond acceptors (Lipinski definition) is 2. The third-order valence-electron chi connectivity index (χ3n) is 0. The van der Waals surface area contributed by atoms with Crippen molar-refractivity contribution < 1.29 is 27.1 Å². The molecule has 0 fully saturated rings. The monoisotopic (exact) mass is 108 g/mol. The van der Waals surface area contributed by atoms with Crippen molar-refractivity contribution in [2.45, 2.75) is 0 Å². The molecule has 0 aromatic carbocycles. The van der Waals surface area contributed by atoms with Gasteiger partial charge >= 0.3 is 7.69 Å². The summed E-state index contributed by atoms with van der Waals surface area (Å²) in [6.45, 7) is 0. The second-order valence-corrected chi connectivity index (χ2v) is 0.115. The van der Waals surface area contributed by atoms with Gasteiger partial charge in [0.1, 0.15) is 0 Å². The van der Waals surface area contributed by atoms with Crippen molar-refractivity contribution in [3.8, 4) is 0 Å². The molecular weight excluding hydrogens is 106 g/mol. The van der Waals surface area contributed by atoms with Crippen LogP contribution in [0.4, 0.5) is 0 Å². The van der Waals surface area contributed by atoms with Gasteiger partial charge in [-0.25, -0.2) is 0 Å². The van der Waals surface area contributed by atoms with Crippen LogP contribution in [0.15, 0.2) is 0 Å². The van der Waals surface area contributed by atoms with Gasteiger partial charge in [-0.3, -0.25) is 0 Å². The summed E-state index contributed by atoms with van der Waals surface area (Å²) in [5.41, 5.74) is 0. The molecule has 0 spiro atoms. The van der Waals surface area contributed by atoms with E-state index < -0.39 is 0 Å². The van der Waals surface area contributed by atoms with Crippen LogP contribution in [-0.4, -0.2) is 17.7 Å². The summed E-state index contributed by atoms with van der Waals surface area (Å²) in [5.74, 6) is 0. The molecule has 0 aromatic rings. The summed E-state index contributed by atoms with van der Waals surface area (Å²) < 4.78 is 0. The Bertz CT molecular complexity index is 6.00. The molecule has 4 heteroatoms. The van der Waals surface area contributed by atoms with Crippen LogP contribution in [0, 0.1) is 0 Å². The minimum absolute atomic E-state index is 0. The quantitative estimate of drug-likeness (QED) is 0.371. The van der Waals surface area contributed by atoms with Crippen LogP contribution in [0.3, 0.4) is 0 Å². The van der Waals surface area contributed by atoms with E-state index in [1.54, 1.807) is 0 Å². The third-order valence-corrected chi connectivity index (χ3v) is 0. The summed E-state index contributed by atoms with van der Waals surface area (Å²) in [4.78, 5) is 0. The molecule has 2 radical (unpaired) electrons. The molecule has 0 saturated heterocycles. The molecule has 0 unspecified atom stereocenters. The van der Waals surface area contributed by atoms with E-state index in [1.165, 1.54) is 0 Å². The van der Waals surface area contributed by atoms with E-state index in [1.807, 2.05) is 0 Å². The van der Waals surface area contributed by atoms with Crippen LogP contribution >= 0.6 is 0 Å². The van der Waals surface area contributed by atoms with Crippen molar-refractivity contribution in [1.82, 2.24) is 0 Å². The maximum absolute atomic E-state index is 7.00. The first-order valence-electron chi connectivity index (χ1n) is 0.516. The molecule has 0 atom stereocenters. The summed E-state index contributed by atoms with van der Waals surface area (Å²) >= 11 is 0. The molecule has 0 aliphatic rings. The Balaban J connectivity index is 0. The topological polar surface area (TPSA) is 40.5 Å². The number of hydrogen-bond donors (Lipinski definition) is 2. The fourth-order valence-electron chi connectivity index (χ4n) is 0. The molecule has 0 aliphatic heterocycles. The smallest absolute Gasteiger partial charge is 0.429 e. The molecule has 4 heavy (non-hydrogen) atoms. The van der Waals surface area contributed by atoms with Crippen LogP contribution in [0.5, 0.6) is 0 Å².